The van der Waals surface area contributed by atoms with Crippen LogP contribution in [0.2, 0.25) is 0 Å². The molecule has 1 amide bonds. The molecule has 0 saturated heterocycles. The molecule has 0 aliphatic heterocycles. The van der Waals surface area contributed by atoms with Crippen LogP contribution in [0.4, 0.5) is 0 Å². The predicted molar refractivity (Wildman–Crippen MR) is 99.0 cm³/mol. The van der Waals surface area contributed by atoms with Crippen LogP contribution >= 0.6 is 11.3 Å². The number of methoxy groups -OCH3 is 1. The molecule has 0 unspecified atom stereocenters. The normalized spacial score (nSPS) is 12.3. The SMILES string of the molecule is COCCn1c(=NC(=O)c2nn(C)cc2C)sc2cc(C)c(C)cc21. The highest BCUT2D eigenvalue weighted by atomic mass is 32.1. The van der Waals surface area contributed by atoms with Gasteiger partial charge >= 0.3 is 0 Å². The standard InChI is InChI=1S/C18H22N4O2S/c1-11-8-14-15(9-12(11)2)25-18(22(14)6-7-24-5)19-17(23)16-13(3)10-21(4)20-16/h8-10H,6-7H2,1-5H3. The van der Waals surface area contributed by atoms with E-state index in [4.69, 9.17) is 4.74 Å². The van der Waals surface area contributed by atoms with Gasteiger partial charge < -0.3 is 9.30 Å². The van der Waals surface area contributed by atoms with Gasteiger partial charge in [0.1, 0.15) is 0 Å². The van der Waals surface area contributed by atoms with Crippen molar-refractivity contribution in [3.8, 4) is 0 Å². The maximum Gasteiger partial charge on any atom is 0.300 e. The molecule has 0 N–H and O–H groups in total. The van der Waals surface area contributed by atoms with Gasteiger partial charge in [0, 0.05) is 32.5 Å². The number of nitrogens with zero attached hydrogens (tertiary/aromatic N) is 4. The van der Waals surface area contributed by atoms with E-state index in [0.29, 0.717) is 23.6 Å². The molecule has 0 aliphatic rings. The Balaban J connectivity index is 2.16. The van der Waals surface area contributed by atoms with Crippen molar-refractivity contribution >= 4 is 27.5 Å². The number of fused-ring (bicyclic) bond motifs is 1. The summed E-state index contributed by atoms with van der Waals surface area (Å²) in [5.74, 6) is -0.315. The Labute approximate surface area is 150 Å². The van der Waals surface area contributed by atoms with Crippen molar-refractivity contribution in [2.24, 2.45) is 12.0 Å². The number of carbonyl (C=O) groups is 1. The van der Waals surface area contributed by atoms with Gasteiger partial charge in [-0.25, -0.2) is 0 Å². The smallest absolute Gasteiger partial charge is 0.300 e. The van der Waals surface area contributed by atoms with Crippen molar-refractivity contribution in [2.45, 2.75) is 27.3 Å². The molecule has 0 spiro atoms. The summed E-state index contributed by atoms with van der Waals surface area (Å²) in [4.78, 5) is 17.6. The largest absolute Gasteiger partial charge is 0.383 e. The van der Waals surface area contributed by atoms with Gasteiger partial charge in [-0.3, -0.25) is 9.48 Å². The van der Waals surface area contributed by atoms with Gasteiger partial charge in [-0.2, -0.15) is 10.1 Å². The topological polar surface area (TPSA) is 61.4 Å². The van der Waals surface area contributed by atoms with Crippen LogP contribution in [-0.2, 0) is 18.3 Å². The summed E-state index contributed by atoms with van der Waals surface area (Å²) in [5.41, 5.74) is 4.74. The minimum Gasteiger partial charge on any atom is -0.383 e. The second kappa shape index (κ2) is 6.93. The predicted octanol–water partition coefficient (Wildman–Crippen LogP) is 2.75. The van der Waals surface area contributed by atoms with E-state index in [1.165, 1.54) is 22.5 Å². The van der Waals surface area contributed by atoms with E-state index >= 15 is 0 Å². The van der Waals surface area contributed by atoms with Gasteiger partial charge in [0.15, 0.2) is 10.5 Å². The number of carbonyl (C=O) groups excluding carboxylic acids is 1. The summed E-state index contributed by atoms with van der Waals surface area (Å²) >= 11 is 1.52. The Kier molecular flexibility index (Phi) is 4.87. The fraction of sp³-hybridized carbons (Fsp3) is 0.389. The first kappa shape index (κ1) is 17.6. The molecule has 2 heterocycles. The average molecular weight is 358 g/mol. The zero-order chi connectivity index (χ0) is 18.1. The van der Waals surface area contributed by atoms with Crippen molar-refractivity contribution in [1.82, 2.24) is 14.3 Å². The Bertz CT molecular complexity index is 1010. The lowest BCUT2D eigenvalue weighted by molar-refractivity contribution is 0.0991. The van der Waals surface area contributed by atoms with Crippen molar-refractivity contribution in [1.29, 1.82) is 0 Å². The molecule has 0 atom stereocenters. The third kappa shape index (κ3) is 3.43. The van der Waals surface area contributed by atoms with E-state index in [1.807, 2.05) is 17.7 Å². The summed E-state index contributed by atoms with van der Waals surface area (Å²) in [6.45, 7) is 7.25. The van der Waals surface area contributed by atoms with Crippen molar-refractivity contribution in [2.75, 3.05) is 13.7 Å². The third-order valence-corrected chi connectivity index (χ3v) is 5.27. The highest BCUT2D eigenvalue weighted by Gasteiger charge is 2.14. The Morgan fingerprint density at radius 3 is 2.60 bits per heavy atom. The molecule has 7 heteroatoms. The van der Waals surface area contributed by atoms with Crippen LogP contribution in [0.1, 0.15) is 27.2 Å². The van der Waals surface area contributed by atoms with Crippen LogP contribution in [0.25, 0.3) is 10.2 Å². The summed E-state index contributed by atoms with van der Waals surface area (Å²) in [6, 6.07) is 4.29. The van der Waals surface area contributed by atoms with Crippen molar-refractivity contribution in [3.05, 3.63) is 45.5 Å². The van der Waals surface area contributed by atoms with Gasteiger partial charge in [0.25, 0.3) is 5.91 Å². The average Bonchev–Trinajstić information content (AvgIpc) is 3.05. The maximum atomic E-state index is 12.6. The quantitative estimate of drug-likeness (QED) is 0.720. The molecule has 3 aromatic rings. The van der Waals surface area contributed by atoms with E-state index < -0.39 is 0 Å². The van der Waals surface area contributed by atoms with Crippen molar-refractivity contribution < 1.29 is 9.53 Å². The molecule has 0 aliphatic carbocycles. The summed E-state index contributed by atoms with van der Waals surface area (Å²) < 4.78 is 10.0. The third-order valence-electron chi connectivity index (χ3n) is 4.23. The van der Waals surface area contributed by atoms with Gasteiger partial charge in [-0.1, -0.05) is 11.3 Å². The van der Waals surface area contributed by atoms with Crippen molar-refractivity contribution in [3.63, 3.8) is 0 Å². The van der Waals surface area contributed by atoms with Gasteiger partial charge in [-0.15, -0.1) is 0 Å². The molecule has 6 nitrogen and oxygen atoms in total. The monoisotopic (exact) mass is 358 g/mol. The fourth-order valence-electron chi connectivity index (χ4n) is 2.76. The molecular weight excluding hydrogens is 336 g/mol. The zero-order valence-corrected chi connectivity index (χ0v) is 16.0. The zero-order valence-electron chi connectivity index (χ0n) is 15.2. The minimum absolute atomic E-state index is 0.315. The van der Waals surface area contributed by atoms with E-state index in [-0.39, 0.29) is 5.91 Å². The number of benzene rings is 1. The lowest BCUT2D eigenvalue weighted by Gasteiger charge is -2.06. The van der Waals surface area contributed by atoms with Crippen LogP contribution in [0.15, 0.2) is 23.3 Å². The highest BCUT2D eigenvalue weighted by Crippen LogP contribution is 2.22. The molecule has 0 radical (unpaired) electrons. The maximum absolute atomic E-state index is 12.6. The number of rotatable bonds is 4. The van der Waals surface area contributed by atoms with E-state index in [1.54, 1.807) is 18.8 Å². The molecule has 25 heavy (non-hydrogen) atoms. The number of aryl methyl sites for hydroxylation is 4. The molecule has 132 valence electrons. The molecule has 2 aromatic heterocycles. The van der Waals surface area contributed by atoms with Gasteiger partial charge in [0.05, 0.1) is 16.8 Å². The van der Waals surface area contributed by atoms with Crippen LogP contribution in [0, 0.1) is 20.8 Å². The lowest BCUT2D eigenvalue weighted by atomic mass is 10.1. The van der Waals surface area contributed by atoms with Crippen LogP contribution in [0.5, 0.6) is 0 Å². The number of ether oxygens (including phenoxy) is 1. The van der Waals surface area contributed by atoms with E-state index in [2.05, 4.69) is 36.1 Å². The summed E-state index contributed by atoms with van der Waals surface area (Å²) in [5, 5.41) is 4.22. The Hall–Kier alpha value is -2.25. The number of amides is 1. The molecule has 1 aromatic carbocycles. The summed E-state index contributed by atoms with van der Waals surface area (Å²) in [7, 11) is 3.47. The first-order chi connectivity index (χ1) is 11.9. The molecular formula is C18H22N4O2S. The first-order valence-corrected chi connectivity index (χ1v) is 8.91. The Morgan fingerprint density at radius 1 is 1.24 bits per heavy atom. The van der Waals surface area contributed by atoms with Crippen LogP contribution < -0.4 is 4.80 Å². The molecule has 0 bridgehead atoms. The van der Waals surface area contributed by atoms with E-state index in [9.17, 15) is 4.79 Å². The number of hydrogen-bond donors (Lipinski definition) is 0. The Morgan fingerprint density at radius 2 is 1.96 bits per heavy atom. The number of hydrogen-bond acceptors (Lipinski definition) is 4. The minimum atomic E-state index is -0.315. The molecule has 0 saturated carbocycles. The van der Waals surface area contributed by atoms with Crippen LogP contribution in [-0.4, -0.2) is 34.0 Å². The van der Waals surface area contributed by atoms with Crippen LogP contribution in [0.3, 0.4) is 0 Å². The fourth-order valence-corrected chi connectivity index (χ4v) is 3.90. The second-order valence-electron chi connectivity index (χ2n) is 6.18. The van der Waals surface area contributed by atoms with Gasteiger partial charge in [-0.05, 0) is 44.0 Å². The number of aromatic nitrogens is 3. The first-order valence-electron chi connectivity index (χ1n) is 8.09. The second-order valence-corrected chi connectivity index (χ2v) is 7.19. The molecule has 3 rings (SSSR count). The van der Waals surface area contributed by atoms with Gasteiger partial charge in [0.2, 0.25) is 0 Å². The lowest BCUT2D eigenvalue weighted by Crippen LogP contribution is -2.19. The molecule has 0 fully saturated rings. The van der Waals surface area contributed by atoms with E-state index in [0.717, 1.165) is 15.8 Å². The summed E-state index contributed by atoms with van der Waals surface area (Å²) in [6.07, 6.45) is 1.82. The highest BCUT2D eigenvalue weighted by molar-refractivity contribution is 7.16. The number of thiazole rings is 1.